The molecule has 0 amide bonds. The molecule has 0 bridgehead atoms. The highest BCUT2D eigenvalue weighted by atomic mass is 16.5. The minimum absolute atomic E-state index is 0.479. The van der Waals surface area contributed by atoms with Gasteiger partial charge >= 0.3 is 0 Å². The molecule has 1 aromatic heterocycles. The molecule has 1 rings (SSSR count). The van der Waals surface area contributed by atoms with Crippen LogP contribution in [-0.2, 0) is 11.3 Å². The number of nitrogens with zero attached hydrogens (tertiary/aromatic N) is 1. The standard InChI is InChI=1S/C12H21N3O/c1-10(2)14-9-11-5-4-6-12(15-11)13-7-8-16-3/h4-6,10,14H,7-9H2,1-3H3,(H,13,15). The highest BCUT2D eigenvalue weighted by Crippen LogP contribution is 2.04. The lowest BCUT2D eigenvalue weighted by atomic mass is 10.3. The Morgan fingerprint density at radius 1 is 1.38 bits per heavy atom. The van der Waals surface area contributed by atoms with Gasteiger partial charge in [-0.1, -0.05) is 19.9 Å². The van der Waals surface area contributed by atoms with Crippen molar-refractivity contribution >= 4 is 5.82 Å². The summed E-state index contributed by atoms with van der Waals surface area (Å²) in [5, 5.41) is 6.55. The van der Waals surface area contributed by atoms with Crippen LogP contribution in [0.5, 0.6) is 0 Å². The van der Waals surface area contributed by atoms with Crippen LogP contribution in [0.15, 0.2) is 18.2 Å². The molecule has 0 aliphatic rings. The van der Waals surface area contributed by atoms with Crippen LogP contribution in [0.3, 0.4) is 0 Å². The van der Waals surface area contributed by atoms with Gasteiger partial charge in [-0.25, -0.2) is 4.98 Å². The zero-order chi connectivity index (χ0) is 11.8. The molecule has 0 spiro atoms. The number of ether oxygens (including phenoxy) is 1. The van der Waals surface area contributed by atoms with E-state index >= 15 is 0 Å². The van der Waals surface area contributed by atoms with Crippen LogP contribution in [0.1, 0.15) is 19.5 Å². The number of aromatic nitrogens is 1. The van der Waals surface area contributed by atoms with Crippen molar-refractivity contribution in [3.63, 3.8) is 0 Å². The topological polar surface area (TPSA) is 46.2 Å². The lowest BCUT2D eigenvalue weighted by Gasteiger charge is -2.09. The average Bonchev–Trinajstić information content (AvgIpc) is 2.27. The van der Waals surface area contributed by atoms with E-state index in [1.807, 2.05) is 18.2 Å². The molecular weight excluding hydrogens is 202 g/mol. The monoisotopic (exact) mass is 223 g/mol. The van der Waals surface area contributed by atoms with Crippen LogP contribution in [0, 0.1) is 0 Å². The van der Waals surface area contributed by atoms with Gasteiger partial charge in [0.1, 0.15) is 5.82 Å². The molecule has 0 radical (unpaired) electrons. The van der Waals surface area contributed by atoms with Crippen molar-refractivity contribution in [1.82, 2.24) is 10.3 Å². The number of hydrogen-bond donors (Lipinski definition) is 2. The summed E-state index contributed by atoms with van der Waals surface area (Å²) in [5.41, 5.74) is 1.05. The summed E-state index contributed by atoms with van der Waals surface area (Å²) in [4.78, 5) is 4.49. The number of anilines is 1. The van der Waals surface area contributed by atoms with Crippen molar-refractivity contribution < 1.29 is 4.74 Å². The van der Waals surface area contributed by atoms with Crippen LogP contribution in [0.4, 0.5) is 5.82 Å². The second-order valence-electron chi connectivity index (χ2n) is 3.97. The number of hydrogen-bond acceptors (Lipinski definition) is 4. The maximum atomic E-state index is 4.97. The van der Waals surface area contributed by atoms with Gasteiger partial charge in [0.25, 0.3) is 0 Å². The predicted molar refractivity (Wildman–Crippen MR) is 66.6 cm³/mol. The van der Waals surface area contributed by atoms with E-state index in [1.54, 1.807) is 7.11 Å². The van der Waals surface area contributed by atoms with Gasteiger partial charge < -0.3 is 15.4 Å². The number of pyridine rings is 1. The normalized spacial score (nSPS) is 10.8. The first kappa shape index (κ1) is 12.9. The molecule has 0 aliphatic carbocycles. The van der Waals surface area contributed by atoms with Crippen molar-refractivity contribution in [3.05, 3.63) is 23.9 Å². The SMILES string of the molecule is COCCNc1cccc(CNC(C)C)n1. The summed E-state index contributed by atoms with van der Waals surface area (Å²) in [6, 6.07) is 6.48. The molecule has 4 heteroatoms. The van der Waals surface area contributed by atoms with Crippen molar-refractivity contribution in [2.24, 2.45) is 0 Å². The van der Waals surface area contributed by atoms with E-state index < -0.39 is 0 Å². The van der Waals surface area contributed by atoms with Gasteiger partial charge in [-0.15, -0.1) is 0 Å². The van der Waals surface area contributed by atoms with Gasteiger partial charge in [0, 0.05) is 26.2 Å². The summed E-state index contributed by atoms with van der Waals surface area (Å²) in [7, 11) is 1.69. The van der Waals surface area contributed by atoms with Crippen LogP contribution < -0.4 is 10.6 Å². The van der Waals surface area contributed by atoms with Crippen LogP contribution in [0.25, 0.3) is 0 Å². The summed E-state index contributed by atoms with van der Waals surface area (Å²) in [6.07, 6.45) is 0. The van der Waals surface area contributed by atoms with E-state index in [1.165, 1.54) is 0 Å². The summed E-state index contributed by atoms with van der Waals surface area (Å²) >= 11 is 0. The Morgan fingerprint density at radius 2 is 2.19 bits per heavy atom. The molecule has 4 nitrogen and oxygen atoms in total. The van der Waals surface area contributed by atoms with E-state index in [4.69, 9.17) is 4.74 Å². The third kappa shape index (κ3) is 5.09. The van der Waals surface area contributed by atoms with Gasteiger partial charge in [-0.3, -0.25) is 0 Å². The highest BCUT2D eigenvalue weighted by Gasteiger charge is 1.98. The smallest absolute Gasteiger partial charge is 0.126 e. The molecule has 0 aliphatic heterocycles. The Kier molecular flexibility index (Phi) is 5.82. The zero-order valence-corrected chi connectivity index (χ0v) is 10.3. The largest absolute Gasteiger partial charge is 0.383 e. The maximum Gasteiger partial charge on any atom is 0.126 e. The van der Waals surface area contributed by atoms with Crippen molar-refractivity contribution in [2.45, 2.75) is 26.4 Å². The van der Waals surface area contributed by atoms with E-state index in [-0.39, 0.29) is 0 Å². The molecule has 1 aromatic rings. The lowest BCUT2D eigenvalue weighted by molar-refractivity contribution is 0.210. The lowest BCUT2D eigenvalue weighted by Crippen LogP contribution is -2.22. The third-order valence-electron chi connectivity index (χ3n) is 2.11. The quantitative estimate of drug-likeness (QED) is 0.690. The molecule has 0 unspecified atom stereocenters. The van der Waals surface area contributed by atoms with Crippen molar-refractivity contribution in [2.75, 3.05) is 25.6 Å². The minimum Gasteiger partial charge on any atom is -0.383 e. The van der Waals surface area contributed by atoms with Crippen LogP contribution in [-0.4, -0.2) is 31.3 Å². The first-order valence-electron chi connectivity index (χ1n) is 5.64. The van der Waals surface area contributed by atoms with Crippen molar-refractivity contribution in [1.29, 1.82) is 0 Å². The molecule has 1 heterocycles. The third-order valence-corrected chi connectivity index (χ3v) is 2.11. The summed E-state index contributed by atoms with van der Waals surface area (Å²) < 4.78 is 4.97. The van der Waals surface area contributed by atoms with Gasteiger partial charge in [-0.05, 0) is 12.1 Å². The molecule has 90 valence electrons. The van der Waals surface area contributed by atoms with Gasteiger partial charge in [0.2, 0.25) is 0 Å². The maximum absolute atomic E-state index is 4.97. The molecule has 0 aromatic carbocycles. The average molecular weight is 223 g/mol. The Bertz CT molecular complexity index is 302. The van der Waals surface area contributed by atoms with Gasteiger partial charge in [0.05, 0.1) is 12.3 Å². The Labute approximate surface area is 97.4 Å². The number of methoxy groups -OCH3 is 1. The number of rotatable bonds is 7. The first-order chi connectivity index (χ1) is 7.72. The predicted octanol–water partition coefficient (Wildman–Crippen LogP) is 1.64. The molecular formula is C12H21N3O. The van der Waals surface area contributed by atoms with Crippen LogP contribution in [0.2, 0.25) is 0 Å². The zero-order valence-electron chi connectivity index (χ0n) is 10.3. The molecule has 0 fully saturated rings. The first-order valence-corrected chi connectivity index (χ1v) is 5.64. The molecule has 2 N–H and O–H groups in total. The van der Waals surface area contributed by atoms with E-state index in [0.717, 1.165) is 24.6 Å². The molecule has 0 saturated carbocycles. The van der Waals surface area contributed by atoms with E-state index in [0.29, 0.717) is 12.6 Å². The fourth-order valence-electron chi connectivity index (χ4n) is 1.27. The summed E-state index contributed by atoms with van der Waals surface area (Å²) in [6.45, 7) is 6.53. The van der Waals surface area contributed by atoms with E-state index in [9.17, 15) is 0 Å². The Morgan fingerprint density at radius 3 is 2.88 bits per heavy atom. The second-order valence-corrected chi connectivity index (χ2v) is 3.97. The van der Waals surface area contributed by atoms with Gasteiger partial charge in [-0.2, -0.15) is 0 Å². The second kappa shape index (κ2) is 7.19. The number of nitrogens with one attached hydrogen (secondary N) is 2. The molecule has 0 saturated heterocycles. The summed E-state index contributed by atoms with van der Waals surface area (Å²) in [5.74, 6) is 0.903. The minimum atomic E-state index is 0.479. The highest BCUT2D eigenvalue weighted by molar-refractivity contribution is 5.35. The van der Waals surface area contributed by atoms with E-state index in [2.05, 4.69) is 29.5 Å². The Hall–Kier alpha value is -1.13. The molecule has 0 atom stereocenters. The fourth-order valence-corrected chi connectivity index (χ4v) is 1.27. The van der Waals surface area contributed by atoms with Crippen LogP contribution >= 0.6 is 0 Å². The fraction of sp³-hybridized carbons (Fsp3) is 0.583. The Balaban J connectivity index is 2.43. The van der Waals surface area contributed by atoms with Gasteiger partial charge in [0.15, 0.2) is 0 Å². The van der Waals surface area contributed by atoms with Crippen molar-refractivity contribution in [3.8, 4) is 0 Å². The molecule has 16 heavy (non-hydrogen) atoms.